The summed E-state index contributed by atoms with van der Waals surface area (Å²) in [6.45, 7) is 0.395. The van der Waals surface area contributed by atoms with Gasteiger partial charge >= 0.3 is 12.2 Å². The van der Waals surface area contributed by atoms with Crippen molar-refractivity contribution in [3.63, 3.8) is 0 Å². The van der Waals surface area contributed by atoms with Crippen LogP contribution in [0.25, 0.3) is 0 Å². The Balaban J connectivity index is 1.77. The van der Waals surface area contributed by atoms with E-state index in [1.807, 2.05) is 0 Å². The molecule has 172 valence electrons. The molecule has 0 aliphatic carbocycles. The van der Waals surface area contributed by atoms with Crippen LogP contribution in [0.1, 0.15) is 27.9 Å². The minimum Gasteiger partial charge on any atom is -0.379 e. The first kappa shape index (κ1) is 22.5. The van der Waals surface area contributed by atoms with Crippen molar-refractivity contribution < 1.29 is 31.9 Å². The van der Waals surface area contributed by atoms with Crippen molar-refractivity contribution in [2.45, 2.75) is 24.7 Å². The van der Waals surface area contributed by atoms with E-state index in [2.05, 4.69) is 5.32 Å². The third kappa shape index (κ3) is 3.87. The van der Waals surface area contributed by atoms with Gasteiger partial charge in [0.25, 0.3) is 5.91 Å². The molecular formula is C22H18F4N4O3. The predicted molar refractivity (Wildman–Crippen MR) is 109 cm³/mol. The SMILES string of the molecule is CNC(=O)c1ccc(N2C(=O)N(c3ccc(C#N)c(C(F)(F)F)c3)[C@@H]3COCC[C@H]32)cc1F. The Labute approximate surface area is 186 Å². The van der Waals surface area contributed by atoms with Crippen molar-refractivity contribution in [2.24, 2.45) is 0 Å². The number of amides is 3. The molecule has 0 radical (unpaired) electrons. The van der Waals surface area contributed by atoms with Gasteiger partial charge in [0.2, 0.25) is 0 Å². The van der Waals surface area contributed by atoms with Gasteiger partial charge in [-0.2, -0.15) is 18.4 Å². The molecule has 0 saturated carbocycles. The largest absolute Gasteiger partial charge is 0.417 e. The fourth-order valence-corrected chi connectivity index (χ4v) is 4.25. The maximum atomic E-state index is 14.6. The van der Waals surface area contributed by atoms with Gasteiger partial charge in [-0.1, -0.05) is 0 Å². The minimum atomic E-state index is -4.79. The summed E-state index contributed by atoms with van der Waals surface area (Å²) in [4.78, 5) is 27.7. The topological polar surface area (TPSA) is 85.7 Å². The lowest BCUT2D eigenvalue weighted by atomic mass is 10.0. The molecule has 2 aliphatic rings. The second-order valence-electron chi connectivity index (χ2n) is 7.60. The molecule has 2 aliphatic heterocycles. The first-order chi connectivity index (χ1) is 15.7. The van der Waals surface area contributed by atoms with Crippen molar-refractivity contribution in [3.8, 4) is 6.07 Å². The molecule has 33 heavy (non-hydrogen) atoms. The van der Waals surface area contributed by atoms with Crippen LogP contribution in [0.3, 0.4) is 0 Å². The summed E-state index contributed by atoms with van der Waals surface area (Å²) in [5, 5.41) is 11.4. The zero-order valence-electron chi connectivity index (χ0n) is 17.3. The highest BCUT2D eigenvalue weighted by Gasteiger charge is 2.49. The van der Waals surface area contributed by atoms with Gasteiger partial charge in [-0.15, -0.1) is 0 Å². The standard InChI is InChI=1S/C22H18F4N4O3/c1-28-20(31)15-5-4-14(9-17(15)23)29-18-6-7-33-11-19(18)30(21(29)32)13-3-2-12(10-27)16(8-13)22(24,25)26/h2-5,8-9,18-19H,6-7,11H2,1H3,(H,28,31)/t18-,19-/m1/s1. The number of hydrogen-bond donors (Lipinski definition) is 1. The average molecular weight is 462 g/mol. The molecule has 2 saturated heterocycles. The Morgan fingerprint density at radius 1 is 1.15 bits per heavy atom. The molecule has 2 aromatic rings. The molecule has 11 heteroatoms. The summed E-state index contributed by atoms with van der Waals surface area (Å²) in [7, 11) is 1.36. The summed E-state index contributed by atoms with van der Waals surface area (Å²) in [6, 6.07) is 6.53. The van der Waals surface area contributed by atoms with E-state index in [1.165, 1.54) is 41.1 Å². The average Bonchev–Trinajstić information content (AvgIpc) is 3.09. The normalized spacial score (nSPS) is 20.4. The number of carbonyl (C=O) groups excluding carboxylic acids is 2. The van der Waals surface area contributed by atoms with Crippen molar-refractivity contribution in [2.75, 3.05) is 30.1 Å². The molecule has 0 aromatic heterocycles. The van der Waals surface area contributed by atoms with E-state index in [9.17, 15) is 27.2 Å². The molecule has 7 nitrogen and oxygen atoms in total. The van der Waals surface area contributed by atoms with E-state index in [0.29, 0.717) is 13.0 Å². The van der Waals surface area contributed by atoms with E-state index in [0.717, 1.165) is 18.2 Å². The number of nitrogens with one attached hydrogen (secondary N) is 1. The Bertz CT molecular complexity index is 1160. The molecule has 2 atom stereocenters. The van der Waals surface area contributed by atoms with Crippen molar-refractivity contribution in [1.29, 1.82) is 5.26 Å². The first-order valence-corrected chi connectivity index (χ1v) is 10.0. The number of rotatable bonds is 3. The van der Waals surface area contributed by atoms with Crippen LogP contribution in [-0.4, -0.2) is 44.3 Å². The zero-order chi connectivity index (χ0) is 23.9. The predicted octanol–water partition coefficient (Wildman–Crippen LogP) is 3.68. The third-order valence-corrected chi connectivity index (χ3v) is 5.78. The van der Waals surface area contributed by atoms with E-state index in [-0.39, 0.29) is 23.5 Å². The third-order valence-electron chi connectivity index (χ3n) is 5.78. The molecule has 2 fully saturated rings. The lowest BCUT2D eigenvalue weighted by molar-refractivity contribution is -0.137. The maximum Gasteiger partial charge on any atom is 0.417 e. The fraction of sp³-hybridized carbons (Fsp3) is 0.318. The molecule has 1 N–H and O–H groups in total. The summed E-state index contributed by atoms with van der Waals surface area (Å²) in [5.74, 6) is -1.46. The van der Waals surface area contributed by atoms with Crippen LogP contribution in [0, 0.1) is 17.1 Å². The highest BCUT2D eigenvalue weighted by atomic mass is 19.4. The number of benzene rings is 2. The molecule has 0 bridgehead atoms. The quantitative estimate of drug-likeness (QED) is 0.706. The van der Waals surface area contributed by atoms with Gasteiger partial charge in [-0.25, -0.2) is 9.18 Å². The minimum absolute atomic E-state index is 0.0447. The summed E-state index contributed by atoms with van der Waals surface area (Å²) >= 11 is 0. The van der Waals surface area contributed by atoms with Crippen molar-refractivity contribution in [3.05, 3.63) is 58.9 Å². The lowest BCUT2D eigenvalue weighted by Gasteiger charge is -2.32. The van der Waals surface area contributed by atoms with Crippen LogP contribution in [-0.2, 0) is 10.9 Å². The van der Waals surface area contributed by atoms with E-state index in [1.54, 1.807) is 0 Å². The van der Waals surface area contributed by atoms with Gasteiger partial charge in [0.05, 0.1) is 41.5 Å². The van der Waals surface area contributed by atoms with Gasteiger partial charge in [-0.05, 0) is 42.8 Å². The van der Waals surface area contributed by atoms with Crippen LogP contribution < -0.4 is 15.1 Å². The van der Waals surface area contributed by atoms with Crippen LogP contribution in [0.5, 0.6) is 0 Å². The molecule has 3 amide bonds. The number of fused-ring (bicyclic) bond motifs is 1. The summed E-state index contributed by atoms with van der Waals surface area (Å²) in [5.41, 5.74) is -1.78. The van der Waals surface area contributed by atoms with Crippen LogP contribution in [0.4, 0.5) is 33.7 Å². The van der Waals surface area contributed by atoms with Gasteiger partial charge in [0.1, 0.15) is 5.82 Å². The smallest absolute Gasteiger partial charge is 0.379 e. The molecule has 2 heterocycles. The molecule has 4 rings (SSSR count). The number of alkyl halides is 3. The highest BCUT2D eigenvalue weighted by molar-refractivity contribution is 6.08. The first-order valence-electron chi connectivity index (χ1n) is 10.0. The highest BCUT2D eigenvalue weighted by Crippen LogP contribution is 2.40. The number of hydrogen-bond acceptors (Lipinski definition) is 4. The Hall–Kier alpha value is -3.65. The number of nitriles is 1. The van der Waals surface area contributed by atoms with Crippen molar-refractivity contribution in [1.82, 2.24) is 5.32 Å². The Morgan fingerprint density at radius 3 is 2.45 bits per heavy atom. The molecule has 2 aromatic carbocycles. The van der Waals surface area contributed by atoms with Crippen LogP contribution in [0.15, 0.2) is 36.4 Å². The van der Waals surface area contributed by atoms with Gasteiger partial charge in [0.15, 0.2) is 0 Å². The molecular weight excluding hydrogens is 444 g/mol. The zero-order valence-corrected chi connectivity index (χ0v) is 17.3. The van der Waals surface area contributed by atoms with Crippen LogP contribution >= 0.6 is 0 Å². The van der Waals surface area contributed by atoms with E-state index in [4.69, 9.17) is 10.00 Å². The maximum absolute atomic E-state index is 14.6. The van der Waals surface area contributed by atoms with Crippen molar-refractivity contribution >= 4 is 23.3 Å². The summed E-state index contributed by atoms with van der Waals surface area (Å²) in [6.07, 6.45) is -4.40. The Kier molecular flexibility index (Phi) is 5.71. The molecule has 0 spiro atoms. The number of nitrogens with zero attached hydrogens (tertiary/aromatic N) is 3. The number of halogens is 4. The second kappa shape index (κ2) is 8.37. The lowest BCUT2D eigenvalue weighted by Crippen LogP contribution is -2.45. The second-order valence-corrected chi connectivity index (χ2v) is 7.60. The number of urea groups is 1. The Morgan fingerprint density at radius 2 is 1.82 bits per heavy atom. The number of anilines is 2. The number of carbonyl (C=O) groups is 2. The number of ether oxygens (including phenoxy) is 1. The van der Waals surface area contributed by atoms with E-state index >= 15 is 0 Å². The monoisotopic (exact) mass is 462 g/mol. The van der Waals surface area contributed by atoms with Gasteiger partial charge in [0, 0.05) is 25.0 Å². The van der Waals surface area contributed by atoms with E-state index < -0.39 is 47.1 Å². The fourth-order valence-electron chi connectivity index (χ4n) is 4.25. The molecule has 0 unspecified atom stereocenters. The van der Waals surface area contributed by atoms with Crippen LogP contribution in [0.2, 0.25) is 0 Å². The van der Waals surface area contributed by atoms with Gasteiger partial charge < -0.3 is 10.1 Å². The van der Waals surface area contributed by atoms with Gasteiger partial charge in [-0.3, -0.25) is 14.6 Å². The summed E-state index contributed by atoms with van der Waals surface area (Å²) < 4.78 is 60.5.